The molecule has 0 aromatic heterocycles. The van der Waals surface area contributed by atoms with Gasteiger partial charge in [-0.3, -0.25) is 4.79 Å². The van der Waals surface area contributed by atoms with Gasteiger partial charge in [0.25, 0.3) is 0 Å². The summed E-state index contributed by atoms with van der Waals surface area (Å²) in [6.45, 7) is 6.74. The van der Waals surface area contributed by atoms with Gasteiger partial charge in [-0.05, 0) is 110 Å². The Morgan fingerprint density at radius 2 is 1.39 bits per heavy atom. The summed E-state index contributed by atoms with van der Waals surface area (Å²) in [6.07, 6.45) is 8.45. The highest BCUT2D eigenvalue weighted by atomic mass is 16.5. The van der Waals surface area contributed by atoms with Gasteiger partial charge in [-0.1, -0.05) is 32.9 Å². The number of carbonyl (C=O) groups is 1. The first-order valence-corrected chi connectivity index (χ1v) is 12.1. The third-order valence-electron chi connectivity index (χ3n) is 8.39. The second-order valence-corrected chi connectivity index (χ2v) is 11.0. The van der Waals surface area contributed by atoms with E-state index in [1.54, 1.807) is 0 Å². The number of rotatable bonds is 6. The van der Waals surface area contributed by atoms with Crippen LogP contribution in [0, 0.1) is 23.2 Å². The van der Waals surface area contributed by atoms with Crippen molar-refractivity contribution in [1.82, 2.24) is 0 Å². The molecule has 4 aliphatic carbocycles. The quantitative estimate of drug-likeness (QED) is 0.534. The van der Waals surface area contributed by atoms with Crippen molar-refractivity contribution in [2.45, 2.75) is 71.1 Å². The molecule has 2 aromatic rings. The zero-order chi connectivity index (χ0) is 21.6. The smallest absolute Gasteiger partial charge is 0.230 e. The first kappa shape index (κ1) is 20.6. The van der Waals surface area contributed by atoms with E-state index in [1.807, 2.05) is 36.4 Å². The van der Waals surface area contributed by atoms with Crippen LogP contribution in [0.15, 0.2) is 48.5 Å². The van der Waals surface area contributed by atoms with Crippen molar-refractivity contribution in [2.24, 2.45) is 23.2 Å². The molecule has 4 saturated carbocycles. The third-order valence-corrected chi connectivity index (χ3v) is 8.39. The van der Waals surface area contributed by atoms with Crippen molar-refractivity contribution < 1.29 is 9.53 Å². The maximum atomic E-state index is 13.2. The number of ether oxygens (including phenoxy) is 1. The van der Waals surface area contributed by atoms with Crippen LogP contribution in [0.5, 0.6) is 11.5 Å². The zero-order valence-electron chi connectivity index (χ0n) is 19.1. The lowest BCUT2D eigenvalue weighted by molar-refractivity contribution is -0.140. The van der Waals surface area contributed by atoms with Crippen LogP contribution in [-0.4, -0.2) is 5.91 Å². The van der Waals surface area contributed by atoms with Crippen LogP contribution in [-0.2, 0) is 10.2 Å². The molecule has 164 valence electrons. The molecule has 1 N–H and O–H groups in total. The molecule has 2 aromatic carbocycles. The number of hydrogen-bond donors (Lipinski definition) is 1. The molecule has 4 fully saturated rings. The van der Waals surface area contributed by atoms with Crippen LogP contribution in [0.1, 0.15) is 71.3 Å². The number of nitrogens with one attached hydrogen (secondary N) is 1. The SMILES string of the molecule is CCC(C)(C)c1ccc(Oc2ccc(NC(=O)C34CC5CC(CC(C5)C3)C4)cc2)cc1. The topological polar surface area (TPSA) is 38.3 Å². The molecule has 1 amide bonds. The van der Waals surface area contributed by atoms with E-state index in [1.165, 1.54) is 24.8 Å². The van der Waals surface area contributed by atoms with Crippen LogP contribution < -0.4 is 10.1 Å². The van der Waals surface area contributed by atoms with Gasteiger partial charge in [0.15, 0.2) is 0 Å². The molecular formula is C28H35NO2. The van der Waals surface area contributed by atoms with E-state index in [0.29, 0.717) is 0 Å². The predicted molar refractivity (Wildman–Crippen MR) is 126 cm³/mol. The summed E-state index contributed by atoms with van der Waals surface area (Å²) in [5.41, 5.74) is 2.26. The lowest BCUT2D eigenvalue weighted by Gasteiger charge is -2.55. The summed E-state index contributed by atoms with van der Waals surface area (Å²) >= 11 is 0. The third kappa shape index (κ3) is 4.00. The number of hydrogen-bond acceptors (Lipinski definition) is 2. The largest absolute Gasteiger partial charge is 0.457 e. The highest BCUT2D eigenvalue weighted by Gasteiger charge is 2.54. The standard InChI is InChI=1S/C28H35NO2/c1-4-27(2,3)22-5-9-24(10-6-22)31-25-11-7-23(8-12-25)29-26(30)28-16-19-13-20(17-28)15-21(14-19)18-28/h5-12,19-21H,4,13-18H2,1-3H3,(H,29,30). The van der Waals surface area contributed by atoms with Crippen molar-refractivity contribution >= 4 is 11.6 Å². The van der Waals surface area contributed by atoms with Crippen molar-refractivity contribution in [3.63, 3.8) is 0 Å². The summed E-state index contributed by atoms with van der Waals surface area (Å²) in [5.74, 6) is 4.21. The summed E-state index contributed by atoms with van der Waals surface area (Å²) < 4.78 is 6.03. The molecule has 0 unspecified atom stereocenters. The second kappa shape index (κ2) is 7.69. The number of anilines is 1. The number of carbonyl (C=O) groups excluding carboxylic acids is 1. The van der Waals surface area contributed by atoms with Crippen LogP contribution in [0.4, 0.5) is 5.69 Å². The highest BCUT2D eigenvalue weighted by molar-refractivity contribution is 5.95. The Hall–Kier alpha value is -2.29. The maximum Gasteiger partial charge on any atom is 0.230 e. The van der Waals surface area contributed by atoms with Gasteiger partial charge >= 0.3 is 0 Å². The van der Waals surface area contributed by atoms with Gasteiger partial charge in [-0.25, -0.2) is 0 Å². The fourth-order valence-electron chi connectivity index (χ4n) is 6.57. The minimum Gasteiger partial charge on any atom is -0.457 e. The van der Waals surface area contributed by atoms with Crippen molar-refractivity contribution in [3.05, 3.63) is 54.1 Å². The summed E-state index contributed by atoms with van der Waals surface area (Å²) in [4.78, 5) is 13.2. The molecule has 0 saturated heterocycles. The van der Waals surface area contributed by atoms with Gasteiger partial charge in [0.1, 0.15) is 11.5 Å². The van der Waals surface area contributed by atoms with Gasteiger partial charge in [-0.15, -0.1) is 0 Å². The van der Waals surface area contributed by atoms with E-state index in [-0.39, 0.29) is 16.7 Å². The van der Waals surface area contributed by atoms with Crippen molar-refractivity contribution in [1.29, 1.82) is 0 Å². The Morgan fingerprint density at radius 3 is 1.87 bits per heavy atom. The Bertz CT molecular complexity index is 907. The first-order valence-electron chi connectivity index (χ1n) is 12.1. The number of benzene rings is 2. The maximum absolute atomic E-state index is 13.2. The minimum atomic E-state index is -0.113. The first-order chi connectivity index (χ1) is 14.8. The van der Waals surface area contributed by atoms with E-state index >= 15 is 0 Å². The predicted octanol–water partition coefficient (Wildman–Crippen LogP) is 7.32. The van der Waals surface area contributed by atoms with E-state index in [2.05, 4.69) is 38.2 Å². The van der Waals surface area contributed by atoms with Crippen molar-refractivity contribution in [3.8, 4) is 11.5 Å². The molecule has 0 atom stereocenters. The molecular weight excluding hydrogens is 382 g/mol. The Morgan fingerprint density at radius 1 is 0.903 bits per heavy atom. The number of amides is 1. The molecule has 0 spiro atoms. The zero-order valence-corrected chi connectivity index (χ0v) is 19.1. The summed E-state index contributed by atoms with van der Waals surface area (Å²) in [7, 11) is 0. The molecule has 6 rings (SSSR count). The van der Waals surface area contributed by atoms with Gasteiger partial charge in [0.2, 0.25) is 5.91 Å². The lowest BCUT2D eigenvalue weighted by Crippen LogP contribution is -2.51. The summed E-state index contributed by atoms with van der Waals surface area (Å²) in [5, 5.41) is 3.23. The monoisotopic (exact) mass is 417 g/mol. The van der Waals surface area contributed by atoms with E-state index in [4.69, 9.17) is 4.74 Å². The van der Waals surface area contributed by atoms with E-state index < -0.39 is 0 Å². The fourth-order valence-corrected chi connectivity index (χ4v) is 6.57. The van der Waals surface area contributed by atoms with E-state index in [0.717, 1.165) is 60.6 Å². The minimum absolute atomic E-state index is 0.113. The van der Waals surface area contributed by atoms with Crippen molar-refractivity contribution in [2.75, 3.05) is 5.32 Å². The van der Waals surface area contributed by atoms with Gasteiger partial charge in [0.05, 0.1) is 5.41 Å². The molecule has 4 bridgehead atoms. The molecule has 3 heteroatoms. The summed E-state index contributed by atoms with van der Waals surface area (Å²) in [6, 6.07) is 16.2. The fraction of sp³-hybridized carbons (Fsp3) is 0.536. The Labute approximate surface area is 186 Å². The second-order valence-electron chi connectivity index (χ2n) is 11.0. The highest BCUT2D eigenvalue weighted by Crippen LogP contribution is 2.60. The Balaban J connectivity index is 1.22. The molecule has 0 radical (unpaired) electrons. The normalized spacial score (nSPS) is 29.1. The van der Waals surface area contributed by atoms with E-state index in [9.17, 15) is 4.79 Å². The molecule has 31 heavy (non-hydrogen) atoms. The van der Waals surface area contributed by atoms with Gasteiger partial charge in [-0.2, -0.15) is 0 Å². The lowest BCUT2D eigenvalue weighted by atomic mass is 9.49. The van der Waals surface area contributed by atoms with Gasteiger partial charge < -0.3 is 10.1 Å². The van der Waals surface area contributed by atoms with Crippen LogP contribution in [0.3, 0.4) is 0 Å². The van der Waals surface area contributed by atoms with Crippen LogP contribution in [0.2, 0.25) is 0 Å². The Kier molecular flexibility index (Phi) is 5.11. The van der Waals surface area contributed by atoms with Gasteiger partial charge in [0, 0.05) is 5.69 Å². The molecule has 0 heterocycles. The molecule has 3 nitrogen and oxygen atoms in total. The molecule has 4 aliphatic rings. The van der Waals surface area contributed by atoms with Crippen LogP contribution in [0.25, 0.3) is 0 Å². The van der Waals surface area contributed by atoms with Crippen LogP contribution >= 0.6 is 0 Å². The average Bonchev–Trinajstić information content (AvgIpc) is 2.74. The average molecular weight is 418 g/mol. The molecule has 0 aliphatic heterocycles.